The molecule has 0 atom stereocenters. The Morgan fingerprint density at radius 3 is 2.55 bits per heavy atom. The minimum Gasteiger partial charge on any atom is -0.465 e. The van der Waals surface area contributed by atoms with E-state index in [9.17, 15) is 4.79 Å². The van der Waals surface area contributed by atoms with Crippen molar-refractivity contribution in [2.24, 2.45) is 5.41 Å². The number of hydrogen-bond donors (Lipinski definition) is 0. The average Bonchev–Trinajstić information content (AvgIpc) is 2.68. The third kappa shape index (κ3) is 1.96. The van der Waals surface area contributed by atoms with Crippen LogP contribution < -0.4 is 0 Å². The molecule has 0 amide bonds. The minimum absolute atomic E-state index is 0. The molecule has 1 aliphatic rings. The lowest BCUT2D eigenvalue weighted by Crippen LogP contribution is -2.16. The van der Waals surface area contributed by atoms with Gasteiger partial charge in [0.25, 0.3) is 0 Å². The van der Waals surface area contributed by atoms with Crippen LogP contribution in [0.4, 0.5) is 0 Å². The molecule has 1 fully saturated rings. The highest BCUT2D eigenvalue weighted by atomic mass is 35.5. The van der Waals surface area contributed by atoms with Gasteiger partial charge in [0, 0.05) is 0 Å². The summed E-state index contributed by atoms with van der Waals surface area (Å²) < 4.78 is 4.85. The van der Waals surface area contributed by atoms with Crippen molar-refractivity contribution in [3.63, 3.8) is 0 Å². The van der Waals surface area contributed by atoms with Crippen LogP contribution in [0.2, 0.25) is 0 Å². The molecule has 1 saturated carbocycles. The molecule has 2 nitrogen and oxygen atoms in total. The van der Waals surface area contributed by atoms with E-state index in [0.717, 1.165) is 12.8 Å². The zero-order valence-corrected chi connectivity index (χ0v) is 7.45. The van der Waals surface area contributed by atoms with E-state index >= 15 is 0 Å². The van der Waals surface area contributed by atoms with Crippen LogP contribution in [0.1, 0.15) is 19.8 Å². The zero-order valence-electron chi connectivity index (χ0n) is 6.63. The van der Waals surface area contributed by atoms with Gasteiger partial charge in [-0.1, -0.05) is 6.08 Å². The number of carbonyl (C=O) groups is 1. The molecule has 0 aromatic rings. The Labute approximate surface area is 73.0 Å². The lowest BCUT2D eigenvalue weighted by atomic mass is 10.1. The molecule has 1 aliphatic carbocycles. The first-order valence-corrected chi connectivity index (χ1v) is 3.56. The van der Waals surface area contributed by atoms with E-state index < -0.39 is 0 Å². The van der Waals surface area contributed by atoms with Crippen LogP contribution in [0, 0.1) is 5.41 Å². The number of ether oxygens (including phenoxy) is 1. The summed E-state index contributed by atoms with van der Waals surface area (Å²) in [5.41, 5.74) is -0.296. The van der Waals surface area contributed by atoms with Crippen LogP contribution in [0.5, 0.6) is 0 Å². The highest BCUT2D eigenvalue weighted by molar-refractivity contribution is 5.85. The van der Waals surface area contributed by atoms with E-state index in [1.807, 2.05) is 6.92 Å². The lowest BCUT2D eigenvalue weighted by molar-refractivity contribution is -0.147. The topological polar surface area (TPSA) is 26.3 Å². The Hall–Kier alpha value is -0.500. The number of hydrogen-bond acceptors (Lipinski definition) is 2. The normalized spacial score (nSPS) is 17.9. The summed E-state index contributed by atoms with van der Waals surface area (Å²) in [4.78, 5) is 11.1. The first kappa shape index (κ1) is 10.5. The lowest BCUT2D eigenvalue weighted by Gasteiger charge is -2.06. The van der Waals surface area contributed by atoms with Gasteiger partial charge in [-0.15, -0.1) is 19.0 Å². The zero-order chi connectivity index (χ0) is 7.61. The molecule has 3 heteroatoms. The van der Waals surface area contributed by atoms with Gasteiger partial charge in [0.1, 0.15) is 0 Å². The summed E-state index contributed by atoms with van der Waals surface area (Å²) in [6.45, 7) is 5.88. The van der Waals surface area contributed by atoms with E-state index in [0.29, 0.717) is 6.61 Å². The first-order chi connectivity index (χ1) is 4.75. The molecule has 0 radical (unpaired) electrons. The molecule has 0 aliphatic heterocycles. The molecule has 0 aromatic heterocycles. The molecular weight excluding hydrogens is 164 g/mol. The molecule has 0 saturated heterocycles. The van der Waals surface area contributed by atoms with Crippen LogP contribution in [0.15, 0.2) is 12.7 Å². The SMILES string of the molecule is C=CC1(C(=O)OCC)CC1.Cl. The quantitative estimate of drug-likeness (QED) is 0.485. The predicted octanol–water partition coefficient (Wildman–Crippen LogP) is 1.94. The van der Waals surface area contributed by atoms with E-state index in [-0.39, 0.29) is 23.8 Å². The summed E-state index contributed by atoms with van der Waals surface area (Å²) in [7, 11) is 0. The van der Waals surface area contributed by atoms with E-state index in [1.165, 1.54) is 0 Å². The second-order valence-corrected chi connectivity index (χ2v) is 2.58. The fraction of sp³-hybridized carbons (Fsp3) is 0.625. The Morgan fingerprint density at radius 2 is 2.27 bits per heavy atom. The molecule has 0 unspecified atom stereocenters. The van der Waals surface area contributed by atoms with Crippen molar-refractivity contribution in [2.75, 3.05) is 6.61 Å². The third-order valence-corrected chi connectivity index (χ3v) is 1.86. The van der Waals surface area contributed by atoms with Gasteiger partial charge in [-0.2, -0.15) is 0 Å². The second-order valence-electron chi connectivity index (χ2n) is 2.58. The molecule has 0 spiro atoms. The van der Waals surface area contributed by atoms with Crippen LogP contribution in [0.3, 0.4) is 0 Å². The Balaban J connectivity index is 0.000001000. The Bertz CT molecular complexity index is 161. The summed E-state index contributed by atoms with van der Waals surface area (Å²) >= 11 is 0. The second kappa shape index (κ2) is 3.77. The van der Waals surface area contributed by atoms with Gasteiger partial charge in [-0.3, -0.25) is 4.79 Å². The Kier molecular flexibility index (Phi) is 3.59. The van der Waals surface area contributed by atoms with E-state index in [1.54, 1.807) is 6.08 Å². The van der Waals surface area contributed by atoms with Gasteiger partial charge >= 0.3 is 5.97 Å². The van der Waals surface area contributed by atoms with Crippen LogP contribution in [-0.4, -0.2) is 12.6 Å². The van der Waals surface area contributed by atoms with Gasteiger partial charge in [0.15, 0.2) is 0 Å². The predicted molar refractivity (Wildman–Crippen MR) is 45.7 cm³/mol. The Morgan fingerprint density at radius 1 is 1.73 bits per heavy atom. The number of carbonyl (C=O) groups excluding carboxylic acids is 1. The van der Waals surface area contributed by atoms with Crippen molar-refractivity contribution in [3.8, 4) is 0 Å². The van der Waals surface area contributed by atoms with Gasteiger partial charge in [-0.05, 0) is 19.8 Å². The molecule has 64 valence electrons. The minimum atomic E-state index is -0.296. The molecule has 0 aromatic carbocycles. The van der Waals surface area contributed by atoms with Gasteiger partial charge in [0.05, 0.1) is 12.0 Å². The summed E-state index contributed by atoms with van der Waals surface area (Å²) in [6, 6.07) is 0. The molecular formula is C8H13ClO2. The summed E-state index contributed by atoms with van der Waals surface area (Å²) in [5.74, 6) is -0.106. The summed E-state index contributed by atoms with van der Waals surface area (Å²) in [6.07, 6.45) is 3.52. The molecule has 1 rings (SSSR count). The molecule has 11 heavy (non-hydrogen) atoms. The largest absolute Gasteiger partial charge is 0.465 e. The van der Waals surface area contributed by atoms with Crippen molar-refractivity contribution in [2.45, 2.75) is 19.8 Å². The monoisotopic (exact) mass is 176 g/mol. The maximum atomic E-state index is 11.1. The van der Waals surface area contributed by atoms with Crippen LogP contribution in [0.25, 0.3) is 0 Å². The molecule has 0 heterocycles. The van der Waals surface area contributed by atoms with Crippen molar-refractivity contribution < 1.29 is 9.53 Å². The number of halogens is 1. The highest BCUT2D eigenvalue weighted by Crippen LogP contribution is 2.47. The maximum Gasteiger partial charge on any atom is 0.315 e. The van der Waals surface area contributed by atoms with Crippen LogP contribution in [-0.2, 0) is 9.53 Å². The number of esters is 1. The van der Waals surface area contributed by atoms with E-state index in [4.69, 9.17) is 4.74 Å². The number of rotatable bonds is 3. The van der Waals surface area contributed by atoms with Crippen molar-refractivity contribution in [1.82, 2.24) is 0 Å². The molecule has 0 N–H and O–H groups in total. The highest BCUT2D eigenvalue weighted by Gasteiger charge is 2.48. The molecule has 0 bridgehead atoms. The van der Waals surface area contributed by atoms with Crippen molar-refractivity contribution >= 4 is 18.4 Å². The first-order valence-electron chi connectivity index (χ1n) is 3.56. The fourth-order valence-corrected chi connectivity index (χ4v) is 0.901. The fourth-order valence-electron chi connectivity index (χ4n) is 0.901. The standard InChI is InChI=1S/C8H12O2.ClH/c1-3-8(5-6-8)7(9)10-4-2;/h3H,1,4-6H2,2H3;1H. The maximum absolute atomic E-state index is 11.1. The third-order valence-electron chi connectivity index (χ3n) is 1.86. The van der Waals surface area contributed by atoms with Gasteiger partial charge in [-0.25, -0.2) is 0 Å². The van der Waals surface area contributed by atoms with E-state index in [2.05, 4.69) is 6.58 Å². The van der Waals surface area contributed by atoms with Crippen LogP contribution >= 0.6 is 12.4 Å². The average molecular weight is 177 g/mol. The van der Waals surface area contributed by atoms with Gasteiger partial charge in [0.2, 0.25) is 0 Å². The van der Waals surface area contributed by atoms with Crippen molar-refractivity contribution in [3.05, 3.63) is 12.7 Å². The van der Waals surface area contributed by atoms with Crippen molar-refractivity contribution in [1.29, 1.82) is 0 Å². The van der Waals surface area contributed by atoms with Gasteiger partial charge < -0.3 is 4.74 Å². The smallest absolute Gasteiger partial charge is 0.315 e. The summed E-state index contributed by atoms with van der Waals surface area (Å²) in [5, 5.41) is 0.